The van der Waals surface area contributed by atoms with Gasteiger partial charge in [0.1, 0.15) is 0 Å². The molecule has 1 heterocycles. The van der Waals surface area contributed by atoms with Gasteiger partial charge in [-0.2, -0.15) is 0 Å². The largest absolute Gasteiger partial charge is 0.320 e. The Morgan fingerprint density at radius 2 is 2.05 bits per heavy atom. The summed E-state index contributed by atoms with van der Waals surface area (Å²) in [6, 6.07) is 7.69. The molecule has 1 aromatic heterocycles. The van der Waals surface area contributed by atoms with Gasteiger partial charge in [-0.05, 0) is 61.9 Å². The van der Waals surface area contributed by atoms with Crippen LogP contribution in [0.3, 0.4) is 0 Å². The fourth-order valence-corrected chi connectivity index (χ4v) is 3.94. The summed E-state index contributed by atoms with van der Waals surface area (Å²) in [6.45, 7) is 1.98. The number of fused-ring (bicyclic) bond motifs is 1. The number of carbonyl (C=O) groups is 1. The summed E-state index contributed by atoms with van der Waals surface area (Å²) in [5, 5.41) is 3.49. The van der Waals surface area contributed by atoms with E-state index in [0.717, 1.165) is 23.3 Å². The van der Waals surface area contributed by atoms with Gasteiger partial charge in [0.15, 0.2) is 0 Å². The minimum Gasteiger partial charge on any atom is -0.320 e. The number of benzene rings is 1. The zero-order valence-corrected chi connectivity index (χ0v) is 12.9. The molecule has 1 aliphatic rings. The van der Waals surface area contributed by atoms with Crippen molar-refractivity contribution >= 4 is 34.5 Å². The van der Waals surface area contributed by atoms with E-state index in [9.17, 15) is 4.79 Å². The molecule has 2 nitrogen and oxygen atoms in total. The van der Waals surface area contributed by atoms with Gasteiger partial charge in [-0.25, -0.2) is 0 Å². The summed E-state index contributed by atoms with van der Waals surface area (Å²) >= 11 is 7.77. The third kappa shape index (κ3) is 2.74. The maximum atomic E-state index is 12.3. The molecule has 1 amide bonds. The number of carbonyl (C=O) groups excluding carboxylic acids is 1. The summed E-state index contributed by atoms with van der Waals surface area (Å²) in [7, 11) is 0. The second kappa shape index (κ2) is 5.58. The topological polar surface area (TPSA) is 29.1 Å². The van der Waals surface area contributed by atoms with Crippen molar-refractivity contribution in [1.29, 1.82) is 0 Å². The molecule has 0 radical (unpaired) electrons. The Morgan fingerprint density at radius 3 is 2.80 bits per heavy atom. The third-order valence-corrected chi connectivity index (χ3v) is 5.14. The van der Waals surface area contributed by atoms with Gasteiger partial charge in [0.05, 0.1) is 15.6 Å². The number of aryl methyl sites for hydroxylation is 3. The lowest BCUT2D eigenvalue weighted by Crippen LogP contribution is -2.10. The van der Waals surface area contributed by atoms with E-state index < -0.39 is 0 Å². The van der Waals surface area contributed by atoms with E-state index in [1.807, 2.05) is 31.2 Å². The first kappa shape index (κ1) is 13.7. The summed E-state index contributed by atoms with van der Waals surface area (Å²) in [5.74, 6) is -0.0600. The van der Waals surface area contributed by atoms with Crippen LogP contribution in [0.25, 0.3) is 0 Å². The highest BCUT2D eigenvalue weighted by molar-refractivity contribution is 7.14. The smallest absolute Gasteiger partial charge is 0.265 e. The molecule has 0 unspecified atom stereocenters. The lowest BCUT2D eigenvalue weighted by atomic mass is 9.99. The molecule has 1 N–H and O–H groups in total. The van der Waals surface area contributed by atoms with Crippen molar-refractivity contribution in [1.82, 2.24) is 0 Å². The van der Waals surface area contributed by atoms with Gasteiger partial charge >= 0.3 is 0 Å². The number of hydrogen-bond donors (Lipinski definition) is 1. The van der Waals surface area contributed by atoms with Crippen LogP contribution in [-0.4, -0.2) is 5.91 Å². The molecule has 1 aliphatic carbocycles. The highest BCUT2D eigenvalue weighted by Crippen LogP contribution is 2.31. The summed E-state index contributed by atoms with van der Waals surface area (Å²) in [6.07, 6.45) is 4.68. The van der Waals surface area contributed by atoms with Crippen molar-refractivity contribution in [2.75, 3.05) is 5.32 Å². The molecule has 0 atom stereocenters. The van der Waals surface area contributed by atoms with E-state index in [4.69, 9.17) is 11.6 Å². The van der Waals surface area contributed by atoms with Gasteiger partial charge in [0.2, 0.25) is 0 Å². The lowest BCUT2D eigenvalue weighted by molar-refractivity contribution is 0.103. The fraction of sp³-hybridized carbons (Fsp3) is 0.312. The zero-order valence-electron chi connectivity index (χ0n) is 11.3. The molecule has 3 rings (SSSR count). The summed E-state index contributed by atoms with van der Waals surface area (Å²) in [4.78, 5) is 14.5. The van der Waals surface area contributed by atoms with E-state index in [1.165, 1.54) is 23.3 Å². The van der Waals surface area contributed by atoms with Crippen LogP contribution in [0.1, 0.15) is 38.5 Å². The van der Waals surface area contributed by atoms with Crippen molar-refractivity contribution < 1.29 is 4.79 Å². The van der Waals surface area contributed by atoms with Crippen LogP contribution >= 0.6 is 22.9 Å². The Kier molecular flexibility index (Phi) is 3.81. The van der Waals surface area contributed by atoms with Gasteiger partial charge in [0, 0.05) is 4.88 Å². The number of halogens is 1. The van der Waals surface area contributed by atoms with Crippen LogP contribution in [0.4, 0.5) is 5.69 Å². The molecule has 0 fully saturated rings. The van der Waals surface area contributed by atoms with Crippen molar-refractivity contribution in [2.24, 2.45) is 0 Å². The average Bonchev–Trinajstić information content (AvgIpc) is 2.86. The zero-order chi connectivity index (χ0) is 14.1. The number of amides is 1. The second-order valence-electron chi connectivity index (χ2n) is 5.20. The van der Waals surface area contributed by atoms with Crippen molar-refractivity contribution in [3.05, 3.63) is 50.2 Å². The minimum absolute atomic E-state index is 0.0600. The third-order valence-electron chi connectivity index (χ3n) is 3.59. The Morgan fingerprint density at radius 1 is 1.25 bits per heavy atom. The summed E-state index contributed by atoms with van der Waals surface area (Å²) in [5.41, 5.74) is 3.11. The highest BCUT2D eigenvalue weighted by Gasteiger charge is 2.17. The van der Waals surface area contributed by atoms with Gasteiger partial charge in [-0.15, -0.1) is 11.3 Å². The SMILES string of the molecule is Cc1ccc(NC(=O)c2cc3c(s2)CCCC3)c(Cl)c1. The Bertz CT molecular complexity index is 639. The number of rotatable bonds is 2. The Balaban J connectivity index is 1.80. The summed E-state index contributed by atoms with van der Waals surface area (Å²) < 4.78 is 0. The first-order valence-electron chi connectivity index (χ1n) is 6.82. The molecular weight excluding hydrogens is 290 g/mol. The molecule has 1 aromatic carbocycles. The number of nitrogens with one attached hydrogen (secondary N) is 1. The first-order valence-corrected chi connectivity index (χ1v) is 8.02. The molecule has 2 aromatic rings. The van der Waals surface area contributed by atoms with E-state index >= 15 is 0 Å². The molecule has 0 bridgehead atoms. The monoisotopic (exact) mass is 305 g/mol. The molecule has 4 heteroatoms. The van der Waals surface area contributed by atoms with E-state index in [-0.39, 0.29) is 5.91 Å². The maximum Gasteiger partial charge on any atom is 0.265 e. The molecule has 0 aliphatic heterocycles. The highest BCUT2D eigenvalue weighted by atomic mass is 35.5. The quantitative estimate of drug-likeness (QED) is 0.845. The van der Waals surface area contributed by atoms with Gasteiger partial charge in [0.25, 0.3) is 5.91 Å². The first-order chi connectivity index (χ1) is 9.63. The normalized spacial score (nSPS) is 13.9. The number of anilines is 1. The average molecular weight is 306 g/mol. The van der Waals surface area contributed by atoms with E-state index in [2.05, 4.69) is 5.32 Å². The molecule has 104 valence electrons. The predicted octanol–water partition coefficient (Wildman–Crippen LogP) is 4.84. The van der Waals surface area contributed by atoms with Crippen LogP contribution in [0, 0.1) is 6.92 Å². The van der Waals surface area contributed by atoms with Crippen molar-refractivity contribution in [3.8, 4) is 0 Å². The van der Waals surface area contributed by atoms with E-state index in [0.29, 0.717) is 10.7 Å². The van der Waals surface area contributed by atoms with E-state index in [1.54, 1.807) is 11.3 Å². The van der Waals surface area contributed by atoms with Gasteiger partial charge in [-0.1, -0.05) is 17.7 Å². The Labute approximate surface area is 127 Å². The van der Waals surface area contributed by atoms with Crippen LogP contribution in [0.2, 0.25) is 5.02 Å². The standard InChI is InChI=1S/C16H16ClNOS/c1-10-6-7-13(12(17)8-10)18-16(19)15-9-11-4-2-3-5-14(11)20-15/h6-9H,2-5H2,1H3,(H,18,19). The molecular formula is C16H16ClNOS. The van der Waals surface area contributed by atoms with Gasteiger partial charge in [-0.3, -0.25) is 4.79 Å². The Hall–Kier alpha value is -1.32. The fourth-order valence-electron chi connectivity index (χ4n) is 2.51. The van der Waals surface area contributed by atoms with Crippen LogP contribution in [0.5, 0.6) is 0 Å². The van der Waals surface area contributed by atoms with Crippen molar-refractivity contribution in [3.63, 3.8) is 0 Å². The second-order valence-corrected chi connectivity index (χ2v) is 6.75. The van der Waals surface area contributed by atoms with Gasteiger partial charge < -0.3 is 5.32 Å². The van der Waals surface area contributed by atoms with Crippen LogP contribution in [0.15, 0.2) is 24.3 Å². The predicted molar refractivity (Wildman–Crippen MR) is 85.1 cm³/mol. The van der Waals surface area contributed by atoms with Crippen LogP contribution in [-0.2, 0) is 12.8 Å². The molecule has 20 heavy (non-hydrogen) atoms. The molecule has 0 saturated heterocycles. The molecule has 0 spiro atoms. The number of hydrogen-bond acceptors (Lipinski definition) is 2. The van der Waals surface area contributed by atoms with Crippen LogP contribution < -0.4 is 5.32 Å². The lowest BCUT2D eigenvalue weighted by Gasteiger charge is -2.08. The number of thiophene rings is 1. The van der Waals surface area contributed by atoms with Crippen molar-refractivity contribution in [2.45, 2.75) is 32.6 Å². The minimum atomic E-state index is -0.0600. The molecule has 0 saturated carbocycles. The maximum absolute atomic E-state index is 12.3.